The minimum Gasteiger partial charge on any atom is -0.508 e. The largest absolute Gasteiger partial charge is 0.508 e. The first-order chi connectivity index (χ1) is 9.04. The monoisotopic (exact) mass is 258 g/mol. The van der Waals surface area contributed by atoms with Crippen LogP contribution < -0.4 is 11.1 Å². The molecule has 5 nitrogen and oxygen atoms in total. The molecule has 0 fully saturated rings. The Balaban J connectivity index is 2.07. The van der Waals surface area contributed by atoms with Gasteiger partial charge in [0.25, 0.3) is 0 Å². The van der Waals surface area contributed by atoms with Crippen LogP contribution in [0.1, 0.15) is 5.56 Å². The van der Waals surface area contributed by atoms with Gasteiger partial charge in [-0.2, -0.15) is 0 Å². The number of phenolic OH excluding ortho intramolecular Hbond substituents is 2. The quantitative estimate of drug-likeness (QED) is 0.499. The number of nitrogens with one attached hydrogen (secondary N) is 1. The summed E-state index contributed by atoms with van der Waals surface area (Å²) in [6.07, 6.45) is 0.0515. The topological polar surface area (TPSA) is 95.6 Å². The molecule has 0 unspecified atom stereocenters. The maximum absolute atomic E-state index is 11.8. The van der Waals surface area contributed by atoms with E-state index in [-0.39, 0.29) is 23.8 Å². The number of anilines is 2. The number of nitrogen functional groups attached to an aromatic ring is 1. The van der Waals surface area contributed by atoms with Crippen LogP contribution in [0.3, 0.4) is 0 Å². The molecule has 0 radical (unpaired) electrons. The maximum atomic E-state index is 11.8. The van der Waals surface area contributed by atoms with E-state index in [9.17, 15) is 15.0 Å². The molecule has 0 aromatic heterocycles. The highest BCUT2D eigenvalue weighted by atomic mass is 16.3. The summed E-state index contributed by atoms with van der Waals surface area (Å²) in [7, 11) is 0. The van der Waals surface area contributed by atoms with E-state index in [4.69, 9.17) is 5.73 Å². The van der Waals surface area contributed by atoms with Crippen LogP contribution >= 0.6 is 0 Å². The number of amides is 1. The molecule has 0 spiro atoms. The molecular formula is C14H14N2O3. The van der Waals surface area contributed by atoms with Gasteiger partial charge >= 0.3 is 0 Å². The third-order valence-electron chi connectivity index (χ3n) is 2.61. The Labute approximate surface area is 110 Å². The molecule has 5 heteroatoms. The molecule has 0 aliphatic heterocycles. The first kappa shape index (κ1) is 12.8. The van der Waals surface area contributed by atoms with Gasteiger partial charge in [-0.25, -0.2) is 0 Å². The van der Waals surface area contributed by atoms with Crippen molar-refractivity contribution in [1.82, 2.24) is 0 Å². The van der Waals surface area contributed by atoms with Crippen molar-refractivity contribution in [3.05, 3.63) is 48.0 Å². The van der Waals surface area contributed by atoms with Crippen molar-refractivity contribution in [3.63, 3.8) is 0 Å². The Morgan fingerprint density at radius 1 is 1.11 bits per heavy atom. The lowest BCUT2D eigenvalue weighted by Gasteiger charge is -2.08. The first-order valence-electron chi connectivity index (χ1n) is 5.71. The van der Waals surface area contributed by atoms with Gasteiger partial charge in [-0.3, -0.25) is 4.79 Å². The fourth-order valence-electron chi connectivity index (χ4n) is 1.71. The van der Waals surface area contributed by atoms with Gasteiger partial charge in [-0.05, 0) is 35.9 Å². The Morgan fingerprint density at radius 3 is 2.58 bits per heavy atom. The second-order valence-corrected chi connectivity index (χ2v) is 4.16. The average Bonchev–Trinajstić information content (AvgIpc) is 2.34. The van der Waals surface area contributed by atoms with E-state index in [0.29, 0.717) is 16.9 Å². The predicted octanol–water partition coefficient (Wildman–Crippen LogP) is 1.86. The summed E-state index contributed by atoms with van der Waals surface area (Å²) >= 11 is 0. The van der Waals surface area contributed by atoms with Crippen LogP contribution in [-0.4, -0.2) is 16.1 Å². The minimum atomic E-state index is -0.275. The number of benzene rings is 2. The third kappa shape index (κ3) is 3.38. The van der Waals surface area contributed by atoms with Gasteiger partial charge in [-0.1, -0.05) is 6.07 Å². The Bertz CT molecular complexity index is 611. The number of phenols is 2. The van der Waals surface area contributed by atoms with Crippen LogP contribution in [0, 0.1) is 0 Å². The second kappa shape index (κ2) is 5.30. The summed E-state index contributed by atoms with van der Waals surface area (Å²) in [5, 5.41) is 21.3. The SMILES string of the molecule is Nc1ccc(O)cc1CC(=O)Nc1cccc(O)c1. The van der Waals surface area contributed by atoms with Crippen LogP contribution in [0.25, 0.3) is 0 Å². The molecule has 98 valence electrons. The van der Waals surface area contributed by atoms with E-state index in [2.05, 4.69) is 5.32 Å². The van der Waals surface area contributed by atoms with Crippen LogP contribution in [0.15, 0.2) is 42.5 Å². The van der Waals surface area contributed by atoms with E-state index < -0.39 is 0 Å². The van der Waals surface area contributed by atoms with Crippen molar-refractivity contribution in [1.29, 1.82) is 0 Å². The van der Waals surface area contributed by atoms with Gasteiger partial charge in [-0.15, -0.1) is 0 Å². The number of carbonyl (C=O) groups is 1. The molecule has 0 heterocycles. The molecule has 0 bridgehead atoms. The Hall–Kier alpha value is -2.69. The van der Waals surface area contributed by atoms with Crippen molar-refractivity contribution in [2.45, 2.75) is 6.42 Å². The van der Waals surface area contributed by atoms with Crippen molar-refractivity contribution in [3.8, 4) is 11.5 Å². The van der Waals surface area contributed by atoms with E-state index in [1.54, 1.807) is 18.2 Å². The average molecular weight is 258 g/mol. The minimum absolute atomic E-state index is 0.0515. The molecular weight excluding hydrogens is 244 g/mol. The van der Waals surface area contributed by atoms with Gasteiger partial charge < -0.3 is 21.3 Å². The van der Waals surface area contributed by atoms with E-state index in [1.165, 1.54) is 24.3 Å². The highest BCUT2D eigenvalue weighted by Gasteiger charge is 2.08. The molecule has 2 rings (SSSR count). The normalized spacial score (nSPS) is 10.1. The summed E-state index contributed by atoms with van der Waals surface area (Å²) in [6.45, 7) is 0. The Kier molecular flexibility index (Phi) is 3.56. The number of aromatic hydroxyl groups is 2. The fraction of sp³-hybridized carbons (Fsp3) is 0.0714. The van der Waals surface area contributed by atoms with E-state index >= 15 is 0 Å². The summed E-state index contributed by atoms with van der Waals surface area (Å²) in [5.74, 6) is -0.132. The first-order valence-corrected chi connectivity index (χ1v) is 5.71. The number of hydrogen-bond donors (Lipinski definition) is 4. The molecule has 0 saturated heterocycles. The van der Waals surface area contributed by atoms with Crippen molar-refractivity contribution >= 4 is 17.3 Å². The predicted molar refractivity (Wildman–Crippen MR) is 73.0 cm³/mol. The van der Waals surface area contributed by atoms with E-state index in [1.807, 2.05) is 0 Å². The lowest BCUT2D eigenvalue weighted by Crippen LogP contribution is -2.15. The lowest BCUT2D eigenvalue weighted by molar-refractivity contribution is -0.115. The van der Waals surface area contributed by atoms with Gasteiger partial charge in [0.2, 0.25) is 5.91 Å². The van der Waals surface area contributed by atoms with Crippen LogP contribution in [-0.2, 0) is 11.2 Å². The standard InChI is InChI=1S/C14H14N2O3/c15-13-5-4-12(18)6-9(13)7-14(19)16-10-2-1-3-11(17)8-10/h1-6,8,17-18H,7,15H2,(H,16,19). The zero-order valence-electron chi connectivity index (χ0n) is 10.1. The van der Waals surface area contributed by atoms with Crippen molar-refractivity contribution in [2.24, 2.45) is 0 Å². The van der Waals surface area contributed by atoms with Gasteiger partial charge in [0.05, 0.1) is 6.42 Å². The fourth-order valence-corrected chi connectivity index (χ4v) is 1.71. The van der Waals surface area contributed by atoms with Crippen LogP contribution in [0.4, 0.5) is 11.4 Å². The van der Waals surface area contributed by atoms with E-state index in [0.717, 1.165) is 0 Å². The molecule has 1 amide bonds. The smallest absolute Gasteiger partial charge is 0.228 e. The van der Waals surface area contributed by atoms with Gasteiger partial charge in [0.15, 0.2) is 0 Å². The molecule has 2 aromatic carbocycles. The number of hydrogen-bond acceptors (Lipinski definition) is 4. The van der Waals surface area contributed by atoms with Gasteiger partial charge in [0, 0.05) is 17.4 Å². The number of carbonyl (C=O) groups excluding carboxylic acids is 1. The zero-order valence-corrected chi connectivity index (χ0v) is 10.1. The summed E-state index contributed by atoms with van der Waals surface area (Å²) in [4.78, 5) is 11.8. The molecule has 0 aliphatic carbocycles. The molecule has 0 aliphatic rings. The highest BCUT2D eigenvalue weighted by Crippen LogP contribution is 2.20. The molecule has 19 heavy (non-hydrogen) atoms. The molecule has 0 atom stereocenters. The summed E-state index contributed by atoms with van der Waals surface area (Å²) in [6, 6.07) is 10.7. The van der Waals surface area contributed by atoms with Gasteiger partial charge in [0.1, 0.15) is 11.5 Å². The number of nitrogens with two attached hydrogens (primary N) is 1. The van der Waals surface area contributed by atoms with Crippen LogP contribution in [0.2, 0.25) is 0 Å². The molecule has 5 N–H and O–H groups in total. The van der Waals surface area contributed by atoms with Crippen molar-refractivity contribution in [2.75, 3.05) is 11.1 Å². The second-order valence-electron chi connectivity index (χ2n) is 4.16. The maximum Gasteiger partial charge on any atom is 0.228 e. The third-order valence-corrected chi connectivity index (χ3v) is 2.61. The molecule has 0 saturated carbocycles. The van der Waals surface area contributed by atoms with Crippen LogP contribution in [0.5, 0.6) is 11.5 Å². The lowest BCUT2D eigenvalue weighted by atomic mass is 10.1. The molecule has 2 aromatic rings. The number of rotatable bonds is 3. The summed E-state index contributed by atoms with van der Waals surface area (Å²) in [5.41, 5.74) is 7.23. The zero-order chi connectivity index (χ0) is 13.8. The van der Waals surface area contributed by atoms with Crippen molar-refractivity contribution < 1.29 is 15.0 Å². The Morgan fingerprint density at radius 2 is 1.84 bits per heavy atom. The highest BCUT2D eigenvalue weighted by molar-refractivity contribution is 5.93. The summed E-state index contributed by atoms with van der Waals surface area (Å²) < 4.78 is 0.